The molecule has 0 bridgehead atoms. The van der Waals surface area contributed by atoms with Gasteiger partial charge in [-0.15, -0.1) is 0 Å². The fraction of sp³-hybridized carbons (Fsp3) is 0. The lowest BCUT2D eigenvalue weighted by Crippen LogP contribution is -2.04. The molecule has 3 aromatic rings. The molecule has 3 nitrogen and oxygen atoms in total. The van der Waals surface area contributed by atoms with E-state index in [0.29, 0.717) is 22.3 Å². The number of rotatable bonds is 4. The van der Waals surface area contributed by atoms with Gasteiger partial charge in [-0.25, -0.2) is 4.39 Å². The average Bonchev–Trinajstić information content (AvgIpc) is 2.62. The zero-order valence-electron chi connectivity index (χ0n) is 12.6. The van der Waals surface area contributed by atoms with Crippen molar-refractivity contribution in [2.75, 3.05) is 0 Å². The molecule has 0 saturated heterocycles. The fourth-order valence-electron chi connectivity index (χ4n) is 2.32. The fourth-order valence-corrected chi connectivity index (χ4v) is 2.32. The smallest absolute Gasteiger partial charge is 0.193 e. The average molecular weight is 320 g/mol. The van der Waals surface area contributed by atoms with E-state index in [9.17, 15) is 19.1 Å². The minimum atomic E-state index is -0.401. The summed E-state index contributed by atoms with van der Waals surface area (Å²) in [5.41, 5.74) is 1.69. The standard InChI is InChI=1S/C20H13FO3/c21-17-9-5-15(6-10-17)19(23)13-1-3-14(4-2-13)20(24)16-7-11-18(22)12-8-16/h1-12,22H. The quantitative estimate of drug-likeness (QED) is 0.739. The van der Waals surface area contributed by atoms with Gasteiger partial charge in [-0.3, -0.25) is 9.59 Å². The molecule has 4 heteroatoms. The van der Waals surface area contributed by atoms with Crippen LogP contribution < -0.4 is 0 Å². The van der Waals surface area contributed by atoms with Gasteiger partial charge >= 0.3 is 0 Å². The van der Waals surface area contributed by atoms with Crippen LogP contribution in [0.25, 0.3) is 0 Å². The summed E-state index contributed by atoms with van der Waals surface area (Å²) in [5.74, 6) is -0.748. The number of halogens is 1. The van der Waals surface area contributed by atoms with E-state index in [4.69, 9.17) is 0 Å². The van der Waals surface area contributed by atoms with Crippen LogP contribution in [-0.2, 0) is 0 Å². The second-order valence-corrected chi connectivity index (χ2v) is 5.29. The molecule has 0 fully saturated rings. The molecule has 118 valence electrons. The highest BCUT2D eigenvalue weighted by Gasteiger charge is 2.12. The van der Waals surface area contributed by atoms with Gasteiger partial charge in [0.25, 0.3) is 0 Å². The highest BCUT2D eigenvalue weighted by atomic mass is 19.1. The van der Waals surface area contributed by atoms with Crippen molar-refractivity contribution in [3.63, 3.8) is 0 Å². The Kier molecular flexibility index (Phi) is 4.20. The number of carbonyl (C=O) groups is 2. The third-order valence-corrected chi connectivity index (χ3v) is 3.65. The highest BCUT2D eigenvalue weighted by Crippen LogP contribution is 2.16. The Morgan fingerprint density at radius 3 is 1.25 bits per heavy atom. The van der Waals surface area contributed by atoms with E-state index < -0.39 is 5.82 Å². The summed E-state index contributed by atoms with van der Waals surface area (Å²) in [4.78, 5) is 24.6. The number of phenolic OH excluding ortho intramolecular Hbond substituents is 1. The molecule has 1 N–H and O–H groups in total. The van der Waals surface area contributed by atoms with Crippen molar-refractivity contribution < 1.29 is 19.1 Å². The van der Waals surface area contributed by atoms with Crippen LogP contribution in [0.2, 0.25) is 0 Å². The van der Waals surface area contributed by atoms with Crippen molar-refractivity contribution in [2.24, 2.45) is 0 Å². The maximum Gasteiger partial charge on any atom is 0.193 e. The number of aromatic hydroxyl groups is 1. The molecular weight excluding hydrogens is 307 g/mol. The molecule has 0 saturated carbocycles. The third-order valence-electron chi connectivity index (χ3n) is 3.65. The van der Waals surface area contributed by atoms with E-state index in [2.05, 4.69) is 0 Å². The molecule has 0 radical (unpaired) electrons. The van der Waals surface area contributed by atoms with Crippen molar-refractivity contribution in [2.45, 2.75) is 0 Å². The molecule has 0 aliphatic rings. The van der Waals surface area contributed by atoms with E-state index in [1.54, 1.807) is 24.3 Å². The maximum absolute atomic E-state index is 12.9. The minimum Gasteiger partial charge on any atom is -0.508 e. The van der Waals surface area contributed by atoms with Crippen LogP contribution in [-0.4, -0.2) is 16.7 Å². The lowest BCUT2D eigenvalue weighted by Gasteiger charge is -2.04. The Bertz CT molecular complexity index is 803. The van der Waals surface area contributed by atoms with E-state index >= 15 is 0 Å². The first kappa shape index (κ1) is 15.6. The summed E-state index contributed by atoms with van der Waals surface area (Å²) in [7, 11) is 0. The molecule has 3 rings (SSSR count). The van der Waals surface area contributed by atoms with Gasteiger partial charge in [0.1, 0.15) is 11.6 Å². The Morgan fingerprint density at radius 2 is 0.875 bits per heavy atom. The van der Waals surface area contributed by atoms with Gasteiger partial charge in [0.15, 0.2) is 11.6 Å². The minimum absolute atomic E-state index is 0.0896. The zero-order valence-corrected chi connectivity index (χ0v) is 12.6. The number of benzene rings is 3. The molecule has 0 aliphatic carbocycles. The van der Waals surface area contributed by atoms with E-state index in [1.165, 1.54) is 48.5 Å². The number of hydrogen-bond donors (Lipinski definition) is 1. The van der Waals surface area contributed by atoms with Crippen molar-refractivity contribution in [1.82, 2.24) is 0 Å². The monoisotopic (exact) mass is 320 g/mol. The second-order valence-electron chi connectivity index (χ2n) is 5.29. The van der Waals surface area contributed by atoms with Crippen LogP contribution in [0.15, 0.2) is 72.8 Å². The van der Waals surface area contributed by atoms with Crippen molar-refractivity contribution in [3.8, 4) is 5.75 Å². The topological polar surface area (TPSA) is 54.4 Å². The lowest BCUT2D eigenvalue weighted by molar-refractivity contribution is 0.102. The predicted octanol–water partition coefficient (Wildman–Crippen LogP) is 3.99. The summed E-state index contributed by atoms with van der Waals surface area (Å²) in [6.07, 6.45) is 0. The molecule has 0 amide bonds. The summed E-state index contributed by atoms with van der Waals surface area (Å²) in [6.45, 7) is 0. The molecule has 24 heavy (non-hydrogen) atoms. The van der Waals surface area contributed by atoms with Gasteiger partial charge in [0.2, 0.25) is 0 Å². The van der Waals surface area contributed by atoms with Crippen LogP contribution in [0.1, 0.15) is 31.8 Å². The van der Waals surface area contributed by atoms with Crippen molar-refractivity contribution in [1.29, 1.82) is 0 Å². The lowest BCUT2D eigenvalue weighted by atomic mass is 9.98. The maximum atomic E-state index is 12.9. The van der Waals surface area contributed by atoms with Crippen LogP contribution in [0.3, 0.4) is 0 Å². The Balaban J connectivity index is 1.82. The second kappa shape index (κ2) is 6.46. The van der Waals surface area contributed by atoms with Gasteiger partial charge in [-0.2, -0.15) is 0 Å². The first-order valence-corrected chi connectivity index (χ1v) is 7.28. The summed E-state index contributed by atoms with van der Waals surface area (Å²) in [6, 6.07) is 17.6. The molecule has 0 heterocycles. The van der Waals surface area contributed by atoms with Crippen LogP contribution in [0, 0.1) is 5.82 Å². The molecule has 0 atom stereocenters. The molecule has 3 aromatic carbocycles. The molecule has 0 aliphatic heterocycles. The largest absolute Gasteiger partial charge is 0.508 e. The number of carbonyl (C=O) groups excluding carboxylic acids is 2. The number of ketones is 2. The SMILES string of the molecule is O=C(c1ccc(O)cc1)c1ccc(C(=O)c2ccc(F)cc2)cc1. The molecule has 0 spiro atoms. The van der Waals surface area contributed by atoms with Crippen molar-refractivity contribution in [3.05, 3.63) is 101 Å². The molecular formula is C20H13FO3. The van der Waals surface area contributed by atoms with Gasteiger partial charge in [0.05, 0.1) is 0 Å². The van der Waals surface area contributed by atoms with Gasteiger partial charge in [-0.05, 0) is 48.5 Å². The Morgan fingerprint density at radius 1 is 0.583 bits per heavy atom. The van der Waals surface area contributed by atoms with Gasteiger partial charge in [0, 0.05) is 22.3 Å². The Labute approximate surface area is 138 Å². The normalized spacial score (nSPS) is 10.4. The summed E-state index contributed by atoms with van der Waals surface area (Å²) >= 11 is 0. The third kappa shape index (κ3) is 3.22. The van der Waals surface area contributed by atoms with E-state index in [-0.39, 0.29) is 17.3 Å². The number of hydrogen-bond acceptors (Lipinski definition) is 3. The van der Waals surface area contributed by atoms with E-state index in [0.717, 1.165) is 0 Å². The van der Waals surface area contributed by atoms with Crippen LogP contribution in [0.4, 0.5) is 4.39 Å². The number of phenols is 1. The highest BCUT2D eigenvalue weighted by molar-refractivity contribution is 6.11. The summed E-state index contributed by atoms with van der Waals surface area (Å²) in [5, 5.41) is 9.26. The first-order valence-electron chi connectivity index (χ1n) is 7.28. The predicted molar refractivity (Wildman–Crippen MR) is 87.8 cm³/mol. The summed E-state index contributed by atoms with van der Waals surface area (Å²) < 4.78 is 12.9. The zero-order chi connectivity index (χ0) is 17.1. The molecule has 0 aromatic heterocycles. The van der Waals surface area contributed by atoms with Crippen molar-refractivity contribution >= 4 is 11.6 Å². The van der Waals surface area contributed by atoms with Gasteiger partial charge < -0.3 is 5.11 Å². The van der Waals surface area contributed by atoms with Gasteiger partial charge in [-0.1, -0.05) is 24.3 Å². The van der Waals surface area contributed by atoms with Crippen LogP contribution in [0.5, 0.6) is 5.75 Å². The van der Waals surface area contributed by atoms with Crippen LogP contribution >= 0.6 is 0 Å². The molecule has 0 unspecified atom stereocenters. The van der Waals surface area contributed by atoms with E-state index in [1.807, 2.05) is 0 Å². The Hall–Kier alpha value is -3.27. The first-order chi connectivity index (χ1) is 11.5.